The summed E-state index contributed by atoms with van der Waals surface area (Å²) in [6.45, 7) is 19.4. The smallest absolute Gasteiger partial charge is 0.0721 e. The molecule has 0 amide bonds. The first-order valence-corrected chi connectivity index (χ1v) is 19.9. The number of benzene rings is 2. The van der Waals surface area contributed by atoms with Crippen LogP contribution >= 0.6 is 11.8 Å². The maximum absolute atomic E-state index is 5.82. The van der Waals surface area contributed by atoms with Crippen molar-refractivity contribution in [2.45, 2.75) is 143 Å². The Morgan fingerprint density at radius 3 is 1.48 bits per heavy atom. The first kappa shape index (κ1) is 43.1. The van der Waals surface area contributed by atoms with Crippen molar-refractivity contribution in [2.75, 3.05) is 6.61 Å². The molecule has 0 radical (unpaired) electrons. The van der Waals surface area contributed by atoms with Crippen LogP contribution in [-0.4, -0.2) is 11.9 Å². The van der Waals surface area contributed by atoms with E-state index in [1.165, 1.54) is 55.9 Å². The minimum absolute atomic E-state index is 0.446. The third kappa shape index (κ3) is 22.6. The highest BCUT2D eigenvalue weighted by molar-refractivity contribution is 8.00. The van der Waals surface area contributed by atoms with Gasteiger partial charge in [-0.25, -0.2) is 0 Å². The summed E-state index contributed by atoms with van der Waals surface area (Å²) in [5.41, 5.74) is 11.5. The van der Waals surface area contributed by atoms with Gasteiger partial charge in [0.1, 0.15) is 0 Å². The van der Waals surface area contributed by atoms with Crippen molar-refractivity contribution < 1.29 is 4.74 Å². The van der Waals surface area contributed by atoms with Gasteiger partial charge in [0.25, 0.3) is 0 Å². The highest BCUT2D eigenvalue weighted by atomic mass is 32.2. The van der Waals surface area contributed by atoms with E-state index >= 15 is 0 Å². The Hall–Kier alpha value is -3.07. The van der Waals surface area contributed by atoms with Crippen LogP contribution in [0.1, 0.15) is 132 Å². The van der Waals surface area contributed by atoms with Crippen LogP contribution in [0.25, 0.3) is 0 Å². The normalized spacial score (nSPS) is 14.2. The average molecular weight is 693 g/mol. The zero-order valence-electron chi connectivity index (χ0n) is 32.9. The van der Waals surface area contributed by atoms with E-state index in [2.05, 4.69) is 153 Å². The molecular weight excluding hydrogens is 625 g/mol. The second-order valence-corrected chi connectivity index (χ2v) is 15.7. The second kappa shape index (κ2) is 26.7. The first-order chi connectivity index (χ1) is 24.1. The Labute approximate surface area is 312 Å². The van der Waals surface area contributed by atoms with E-state index in [1.54, 1.807) is 0 Å². The van der Waals surface area contributed by atoms with Crippen LogP contribution in [-0.2, 0) is 11.3 Å². The van der Waals surface area contributed by atoms with Crippen molar-refractivity contribution >= 4 is 11.8 Å². The third-order valence-corrected chi connectivity index (χ3v) is 10.1. The number of ether oxygens (including phenoxy) is 1. The maximum Gasteiger partial charge on any atom is 0.0721 e. The highest BCUT2D eigenvalue weighted by Crippen LogP contribution is 2.30. The Balaban J connectivity index is 1.81. The van der Waals surface area contributed by atoms with Crippen LogP contribution in [0, 0.1) is 0 Å². The molecule has 1 nitrogen and oxygen atoms in total. The number of allylic oxidation sites excluding steroid dienone is 12. The SMILES string of the molecule is CC(C)=CCCC(C)=CCCC(C)=CCCC(C)=CC(CC(C)=CCCC(C)=CCCC(C)=CCOCc1ccccc1)Sc1ccccc1. The average Bonchev–Trinajstić information content (AvgIpc) is 3.07. The van der Waals surface area contributed by atoms with E-state index < -0.39 is 0 Å². The molecule has 0 spiro atoms. The van der Waals surface area contributed by atoms with Crippen molar-refractivity contribution in [2.24, 2.45) is 0 Å². The van der Waals surface area contributed by atoms with Crippen LogP contribution in [0.15, 0.2) is 147 Å². The summed E-state index contributed by atoms with van der Waals surface area (Å²) in [5, 5.41) is 0.446. The zero-order valence-corrected chi connectivity index (χ0v) is 33.7. The van der Waals surface area contributed by atoms with Crippen LogP contribution in [0.5, 0.6) is 0 Å². The van der Waals surface area contributed by atoms with Gasteiger partial charge in [0.2, 0.25) is 0 Å². The monoisotopic (exact) mass is 692 g/mol. The molecule has 272 valence electrons. The molecule has 0 heterocycles. The highest BCUT2D eigenvalue weighted by Gasteiger charge is 2.10. The fourth-order valence-corrected chi connectivity index (χ4v) is 7.05. The van der Waals surface area contributed by atoms with Crippen molar-refractivity contribution in [1.82, 2.24) is 0 Å². The Kier molecular flexibility index (Phi) is 23.0. The molecule has 0 aromatic heterocycles. The molecular formula is C48H68OS. The Bertz CT molecular complexity index is 1430. The van der Waals surface area contributed by atoms with Gasteiger partial charge in [-0.2, -0.15) is 0 Å². The molecule has 2 aromatic carbocycles. The number of rotatable bonds is 24. The number of hydrogen-bond donors (Lipinski definition) is 0. The fourth-order valence-electron chi connectivity index (χ4n) is 5.74. The third-order valence-electron chi connectivity index (χ3n) is 8.90. The molecule has 0 N–H and O–H groups in total. The van der Waals surface area contributed by atoms with Crippen LogP contribution in [0.3, 0.4) is 0 Å². The Morgan fingerprint density at radius 2 is 0.960 bits per heavy atom. The quantitative estimate of drug-likeness (QED) is 0.0615. The minimum atomic E-state index is 0.446. The van der Waals surface area contributed by atoms with Crippen molar-refractivity contribution in [3.63, 3.8) is 0 Å². The lowest BCUT2D eigenvalue weighted by atomic mass is 10.0. The van der Waals surface area contributed by atoms with E-state index in [0.29, 0.717) is 18.5 Å². The summed E-state index contributed by atoms with van der Waals surface area (Å²) in [5.74, 6) is 0. The lowest BCUT2D eigenvalue weighted by molar-refractivity contribution is 0.148. The largest absolute Gasteiger partial charge is 0.373 e. The zero-order chi connectivity index (χ0) is 36.4. The lowest BCUT2D eigenvalue weighted by Gasteiger charge is -2.15. The van der Waals surface area contributed by atoms with Gasteiger partial charge in [0, 0.05) is 10.1 Å². The van der Waals surface area contributed by atoms with Gasteiger partial charge in [-0.15, -0.1) is 11.8 Å². The lowest BCUT2D eigenvalue weighted by Crippen LogP contribution is -2.01. The summed E-state index contributed by atoms with van der Waals surface area (Å²) < 4.78 is 5.82. The van der Waals surface area contributed by atoms with Gasteiger partial charge in [-0.3, -0.25) is 0 Å². The predicted octanol–water partition coefficient (Wildman–Crippen LogP) is 15.3. The fraction of sp³-hybridized carbons (Fsp3) is 0.458. The molecule has 0 saturated heterocycles. The summed E-state index contributed by atoms with van der Waals surface area (Å²) in [7, 11) is 0. The second-order valence-electron chi connectivity index (χ2n) is 14.4. The molecule has 1 unspecified atom stereocenters. The molecule has 0 aliphatic heterocycles. The van der Waals surface area contributed by atoms with E-state index in [9.17, 15) is 0 Å². The summed E-state index contributed by atoms with van der Waals surface area (Å²) in [6, 6.07) is 21.3. The number of hydrogen-bond acceptors (Lipinski definition) is 2. The van der Waals surface area contributed by atoms with Gasteiger partial charge < -0.3 is 4.74 Å². The minimum Gasteiger partial charge on any atom is -0.373 e. The topological polar surface area (TPSA) is 9.23 Å². The van der Waals surface area contributed by atoms with Crippen molar-refractivity contribution in [3.05, 3.63) is 148 Å². The number of thioether (sulfide) groups is 1. The van der Waals surface area contributed by atoms with E-state index in [-0.39, 0.29) is 0 Å². The van der Waals surface area contributed by atoms with Crippen molar-refractivity contribution in [3.8, 4) is 0 Å². The van der Waals surface area contributed by atoms with E-state index in [0.717, 1.165) is 64.2 Å². The predicted molar refractivity (Wildman–Crippen MR) is 225 cm³/mol. The molecule has 2 heteroatoms. The van der Waals surface area contributed by atoms with E-state index in [4.69, 9.17) is 4.74 Å². The molecule has 0 fully saturated rings. The maximum atomic E-state index is 5.82. The molecule has 1 atom stereocenters. The summed E-state index contributed by atoms with van der Waals surface area (Å²) in [6.07, 6.45) is 29.3. The Morgan fingerprint density at radius 1 is 0.520 bits per heavy atom. The molecule has 2 aromatic rings. The molecule has 0 aliphatic carbocycles. The van der Waals surface area contributed by atoms with Gasteiger partial charge in [0.05, 0.1) is 13.2 Å². The van der Waals surface area contributed by atoms with Gasteiger partial charge in [-0.1, -0.05) is 130 Å². The van der Waals surface area contributed by atoms with Crippen LogP contribution in [0.4, 0.5) is 0 Å². The van der Waals surface area contributed by atoms with E-state index in [1.807, 2.05) is 17.8 Å². The summed E-state index contributed by atoms with van der Waals surface area (Å²) in [4.78, 5) is 1.35. The first-order valence-electron chi connectivity index (χ1n) is 19.0. The van der Waals surface area contributed by atoms with Crippen molar-refractivity contribution in [1.29, 1.82) is 0 Å². The molecule has 2 rings (SSSR count). The molecule has 0 bridgehead atoms. The van der Waals surface area contributed by atoms with Gasteiger partial charge in [-0.05, 0) is 144 Å². The van der Waals surface area contributed by atoms with Gasteiger partial charge in [0.15, 0.2) is 0 Å². The van der Waals surface area contributed by atoms with Crippen LogP contribution < -0.4 is 0 Å². The van der Waals surface area contributed by atoms with Gasteiger partial charge >= 0.3 is 0 Å². The van der Waals surface area contributed by atoms with Crippen LogP contribution in [0.2, 0.25) is 0 Å². The summed E-state index contributed by atoms with van der Waals surface area (Å²) >= 11 is 2.00. The standard InChI is InChI=1S/C48H68OS/c1-39(2)20-15-21-40(3)22-16-23-41(4)25-18-28-44(7)36-48(50-47-32-13-10-14-33-47)37-45(8)29-19-26-42(5)24-17-27-43(6)34-35-49-38-46-30-11-9-12-31-46/h9-14,20,22,24-25,29-34,36,48H,15-19,21,23,26-28,35,37-38H2,1-8H3. The molecule has 0 aliphatic rings. The molecule has 0 saturated carbocycles. The molecule has 50 heavy (non-hydrogen) atoms.